The molecule has 0 saturated carbocycles. The van der Waals surface area contributed by atoms with Gasteiger partial charge in [-0.15, -0.1) is 11.3 Å². The molecule has 1 rings (SSSR count). The van der Waals surface area contributed by atoms with Gasteiger partial charge in [0, 0.05) is 6.20 Å². The molecule has 0 spiro atoms. The fraction of sp³-hybridized carbons (Fsp3) is 0.333. The lowest BCUT2D eigenvalue weighted by atomic mass is 10.4. The van der Waals surface area contributed by atoms with E-state index >= 15 is 0 Å². The van der Waals surface area contributed by atoms with Gasteiger partial charge in [-0.3, -0.25) is 4.79 Å². The van der Waals surface area contributed by atoms with Crippen molar-refractivity contribution in [1.29, 1.82) is 0 Å². The number of aliphatic hydroxyl groups is 1. The third kappa shape index (κ3) is 2.25. The van der Waals surface area contributed by atoms with Gasteiger partial charge in [0.15, 0.2) is 5.01 Å². The first-order chi connectivity index (χ1) is 5.95. The van der Waals surface area contributed by atoms with Crippen LogP contribution in [0.2, 0.25) is 0 Å². The Morgan fingerprint density at radius 1 is 1.62 bits per heavy atom. The lowest BCUT2D eigenvalue weighted by molar-refractivity contribution is -0.0885. The fourth-order valence-electron chi connectivity index (χ4n) is 0.607. The fourth-order valence-corrected chi connectivity index (χ4v) is 1.34. The number of aromatic nitrogens is 1. The summed E-state index contributed by atoms with van der Waals surface area (Å²) in [5.41, 5.74) is 0. The van der Waals surface area contributed by atoms with Crippen molar-refractivity contribution in [2.24, 2.45) is 0 Å². The van der Waals surface area contributed by atoms with Gasteiger partial charge in [-0.05, 0) is 0 Å². The molecular weight excluding hydrogens is 207 g/mol. The van der Waals surface area contributed by atoms with Gasteiger partial charge in [-0.2, -0.15) is 13.2 Å². The zero-order chi connectivity index (χ0) is 10.1. The Balaban J connectivity index is 2.90. The molecule has 0 radical (unpaired) electrons. The number of hydrogen-bond donors (Lipinski definition) is 1. The molecule has 72 valence electrons. The van der Waals surface area contributed by atoms with Crippen LogP contribution < -0.4 is 0 Å². The second kappa shape index (κ2) is 3.43. The van der Waals surface area contributed by atoms with Crippen molar-refractivity contribution in [1.82, 2.24) is 4.98 Å². The maximum Gasteiger partial charge on any atom is 0.457 e. The number of carbonyl (C=O) groups is 1. The molecule has 0 atom stereocenters. The summed E-state index contributed by atoms with van der Waals surface area (Å²) in [6.07, 6.45) is -3.85. The number of carbonyl (C=O) groups excluding carboxylic acids is 1. The van der Waals surface area contributed by atoms with E-state index in [4.69, 9.17) is 5.11 Å². The van der Waals surface area contributed by atoms with Crippen molar-refractivity contribution in [3.05, 3.63) is 16.1 Å². The Bertz CT molecular complexity index is 320. The van der Waals surface area contributed by atoms with Crippen LogP contribution in [0.3, 0.4) is 0 Å². The number of Topliss-reactive ketones (excluding diaryl/α,β-unsaturated/α-hetero) is 1. The molecule has 0 bridgehead atoms. The number of aliphatic hydroxyl groups excluding tert-OH is 1. The number of thiazole rings is 1. The molecule has 1 heterocycles. The molecule has 0 unspecified atom stereocenters. The van der Waals surface area contributed by atoms with Gasteiger partial charge in [-0.25, -0.2) is 4.98 Å². The molecule has 7 heteroatoms. The number of rotatable bonds is 2. The van der Waals surface area contributed by atoms with Crippen LogP contribution in [0.25, 0.3) is 0 Å². The summed E-state index contributed by atoms with van der Waals surface area (Å²) in [5, 5.41) is 7.87. The van der Waals surface area contributed by atoms with Gasteiger partial charge in [-0.1, -0.05) is 0 Å². The number of nitrogens with zero attached hydrogens (tertiary/aromatic N) is 1. The minimum atomic E-state index is -4.90. The van der Waals surface area contributed by atoms with Crippen molar-refractivity contribution < 1.29 is 23.1 Å². The van der Waals surface area contributed by atoms with Gasteiger partial charge >= 0.3 is 6.18 Å². The Morgan fingerprint density at radius 2 is 2.23 bits per heavy atom. The maximum atomic E-state index is 11.8. The second-order valence-corrected chi connectivity index (χ2v) is 3.23. The first-order valence-electron chi connectivity index (χ1n) is 3.12. The third-order valence-corrected chi connectivity index (χ3v) is 2.14. The van der Waals surface area contributed by atoms with E-state index in [9.17, 15) is 18.0 Å². The Labute approximate surface area is 74.8 Å². The van der Waals surface area contributed by atoms with Crippen LogP contribution >= 0.6 is 11.3 Å². The minimum Gasteiger partial charge on any atom is -0.391 e. The molecular formula is C6H4F3NO2S. The highest BCUT2D eigenvalue weighted by atomic mass is 32.1. The van der Waals surface area contributed by atoms with Gasteiger partial charge < -0.3 is 5.11 Å². The van der Waals surface area contributed by atoms with E-state index in [0.717, 1.165) is 6.20 Å². The Hall–Kier alpha value is -0.950. The summed E-state index contributed by atoms with van der Waals surface area (Å²) < 4.78 is 35.4. The summed E-state index contributed by atoms with van der Waals surface area (Å²) in [7, 11) is 0. The topological polar surface area (TPSA) is 50.2 Å². The average Bonchev–Trinajstić information content (AvgIpc) is 2.48. The summed E-state index contributed by atoms with van der Waals surface area (Å²) in [6, 6.07) is 0. The Kier molecular flexibility index (Phi) is 2.67. The highest BCUT2D eigenvalue weighted by Crippen LogP contribution is 2.24. The monoisotopic (exact) mass is 211 g/mol. The minimum absolute atomic E-state index is 0.229. The second-order valence-electron chi connectivity index (χ2n) is 2.12. The van der Waals surface area contributed by atoms with Gasteiger partial charge in [0.25, 0.3) is 5.78 Å². The molecule has 0 aliphatic carbocycles. The van der Waals surface area contributed by atoms with Crippen molar-refractivity contribution >= 4 is 17.1 Å². The van der Waals surface area contributed by atoms with Crippen molar-refractivity contribution in [2.75, 3.05) is 0 Å². The zero-order valence-electron chi connectivity index (χ0n) is 6.13. The van der Waals surface area contributed by atoms with Crippen LogP contribution in [0.15, 0.2) is 6.20 Å². The van der Waals surface area contributed by atoms with Gasteiger partial charge in [0.05, 0.1) is 11.5 Å². The van der Waals surface area contributed by atoms with Gasteiger partial charge in [0.2, 0.25) is 0 Å². The molecule has 0 saturated heterocycles. The lowest BCUT2D eigenvalue weighted by Crippen LogP contribution is -2.22. The molecule has 0 aliphatic rings. The van der Waals surface area contributed by atoms with E-state index in [1.54, 1.807) is 0 Å². The highest BCUT2D eigenvalue weighted by Gasteiger charge is 2.41. The third-order valence-electron chi connectivity index (χ3n) is 1.16. The van der Waals surface area contributed by atoms with Crippen molar-refractivity contribution in [3.8, 4) is 0 Å². The molecule has 13 heavy (non-hydrogen) atoms. The van der Waals surface area contributed by atoms with Crippen LogP contribution in [-0.2, 0) is 6.61 Å². The first-order valence-corrected chi connectivity index (χ1v) is 3.94. The molecule has 1 N–H and O–H groups in total. The Morgan fingerprint density at radius 3 is 2.62 bits per heavy atom. The van der Waals surface area contributed by atoms with E-state index in [1.165, 1.54) is 0 Å². The van der Waals surface area contributed by atoms with Crippen molar-refractivity contribution in [3.63, 3.8) is 0 Å². The summed E-state index contributed by atoms with van der Waals surface area (Å²) >= 11 is 0.537. The maximum absolute atomic E-state index is 11.8. The molecule has 0 amide bonds. The van der Waals surface area contributed by atoms with Gasteiger partial charge in [0.1, 0.15) is 0 Å². The van der Waals surface area contributed by atoms with Crippen molar-refractivity contribution in [2.45, 2.75) is 12.8 Å². The van der Waals surface area contributed by atoms with Crippen LogP contribution in [0.4, 0.5) is 13.2 Å². The van der Waals surface area contributed by atoms with Crippen LogP contribution in [0.5, 0.6) is 0 Å². The number of ketones is 1. The van der Waals surface area contributed by atoms with Crippen LogP contribution in [0.1, 0.15) is 14.7 Å². The van der Waals surface area contributed by atoms with E-state index in [0.29, 0.717) is 11.3 Å². The largest absolute Gasteiger partial charge is 0.457 e. The van der Waals surface area contributed by atoms with E-state index in [2.05, 4.69) is 4.98 Å². The van der Waals surface area contributed by atoms with E-state index in [1.807, 2.05) is 0 Å². The smallest absolute Gasteiger partial charge is 0.391 e. The van der Waals surface area contributed by atoms with Crippen LogP contribution in [-0.4, -0.2) is 22.1 Å². The summed E-state index contributed by atoms with van der Waals surface area (Å²) in [6.45, 7) is -0.414. The molecule has 0 aromatic carbocycles. The molecule has 3 nitrogen and oxygen atoms in total. The quantitative estimate of drug-likeness (QED) is 0.752. The normalized spacial score (nSPS) is 11.7. The predicted octanol–water partition coefficient (Wildman–Crippen LogP) is 1.38. The lowest BCUT2D eigenvalue weighted by Gasteiger charge is -1.99. The number of halogens is 3. The summed E-state index contributed by atoms with van der Waals surface area (Å²) in [4.78, 5) is 14.0. The highest BCUT2D eigenvalue weighted by molar-refractivity contribution is 7.13. The number of hydrogen-bond acceptors (Lipinski definition) is 4. The molecule has 0 aliphatic heterocycles. The number of alkyl halides is 3. The van der Waals surface area contributed by atoms with Crippen LogP contribution in [0, 0.1) is 0 Å². The zero-order valence-corrected chi connectivity index (χ0v) is 6.95. The standard InChI is InChI=1S/C6H4F3NO2S/c7-6(8,9)4(12)5-10-1-3(2-11)13-5/h1,11H,2H2. The van der Waals surface area contributed by atoms with E-state index in [-0.39, 0.29) is 4.88 Å². The first kappa shape index (κ1) is 10.1. The molecule has 1 aromatic heterocycles. The average molecular weight is 211 g/mol. The SMILES string of the molecule is O=C(c1ncc(CO)s1)C(F)(F)F. The molecule has 1 aromatic rings. The van der Waals surface area contributed by atoms with E-state index < -0.39 is 23.6 Å². The molecule has 0 fully saturated rings. The summed E-state index contributed by atoms with van der Waals surface area (Å²) in [5.74, 6) is -1.97. The predicted molar refractivity (Wildman–Crippen MR) is 38.4 cm³/mol.